The Hall–Kier alpha value is -3.62. The number of fused-ring (bicyclic) bond motifs is 1. The van der Waals surface area contributed by atoms with Crippen LogP contribution in [-0.2, 0) is 9.59 Å². The molecule has 0 radical (unpaired) electrons. The standard InChI is InChI=1S/C24H18ClN3O4S/c1-13-8-15(14(2)27(13)18-6-7-20-21(11-18)32-12-31-20)9-19-22(29)26-24(33)28(23(19)30)17-5-3-4-16(25)10-17/h3-11H,12H2,1-2H3,(H,26,29,33)/b19-9+. The molecule has 2 aliphatic heterocycles. The van der Waals surface area contributed by atoms with E-state index >= 15 is 0 Å². The number of aryl methyl sites for hydroxylation is 1. The Bertz CT molecular complexity index is 1380. The van der Waals surface area contributed by atoms with Gasteiger partial charge in [0.05, 0.1) is 5.69 Å². The number of halogens is 1. The van der Waals surface area contributed by atoms with Gasteiger partial charge >= 0.3 is 0 Å². The van der Waals surface area contributed by atoms with Gasteiger partial charge < -0.3 is 14.0 Å². The molecule has 2 amide bonds. The molecule has 0 bridgehead atoms. The van der Waals surface area contributed by atoms with Crippen LogP contribution < -0.4 is 19.7 Å². The molecule has 9 heteroatoms. The summed E-state index contributed by atoms with van der Waals surface area (Å²) in [6.07, 6.45) is 1.59. The molecule has 0 aliphatic carbocycles. The lowest BCUT2D eigenvalue weighted by Gasteiger charge is -2.29. The van der Waals surface area contributed by atoms with Crippen LogP contribution in [-0.4, -0.2) is 28.3 Å². The Morgan fingerprint density at radius 1 is 1.03 bits per heavy atom. The molecule has 0 spiro atoms. The fourth-order valence-electron chi connectivity index (χ4n) is 4.02. The van der Waals surface area contributed by atoms with Crippen molar-refractivity contribution in [1.29, 1.82) is 0 Å². The highest BCUT2D eigenvalue weighted by atomic mass is 35.5. The molecule has 5 rings (SSSR count). The number of anilines is 1. The minimum atomic E-state index is -0.545. The Morgan fingerprint density at radius 2 is 1.82 bits per heavy atom. The second-order valence-electron chi connectivity index (χ2n) is 7.64. The van der Waals surface area contributed by atoms with Crippen LogP contribution in [0.5, 0.6) is 11.5 Å². The number of nitrogens with zero attached hydrogens (tertiary/aromatic N) is 2. The summed E-state index contributed by atoms with van der Waals surface area (Å²) in [5.41, 5.74) is 3.89. The minimum Gasteiger partial charge on any atom is -0.454 e. The van der Waals surface area contributed by atoms with Crippen molar-refractivity contribution in [2.24, 2.45) is 0 Å². The lowest BCUT2D eigenvalue weighted by atomic mass is 10.1. The Morgan fingerprint density at radius 3 is 2.61 bits per heavy atom. The summed E-state index contributed by atoms with van der Waals surface area (Å²) in [7, 11) is 0. The largest absolute Gasteiger partial charge is 0.454 e. The second kappa shape index (κ2) is 8.06. The zero-order chi connectivity index (χ0) is 23.3. The van der Waals surface area contributed by atoms with Gasteiger partial charge in [-0.3, -0.25) is 19.8 Å². The SMILES string of the molecule is Cc1cc(/C=C2\C(=O)NC(=S)N(c3cccc(Cl)c3)C2=O)c(C)n1-c1ccc2c(c1)OCO2. The maximum Gasteiger partial charge on any atom is 0.270 e. The number of hydrogen-bond acceptors (Lipinski definition) is 5. The van der Waals surface area contributed by atoms with Gasteiger partial charge in [0, 0.05) is 28.2 Å². The summed E-state index contributed by atoms with van der Waals surface area (Å²) in [6, 6.07) is 14.3. The van der Waals surface area contributed by atoms with E-state index in [9.17, 15) is 9.59 Å². The van der Waals surface area contributed by atoms with Gasteiger partial charge in [0.2, 0.25) is 6.79 Å². The fraction of sp³-hybridized carbons (Fsp3) is 0.125. The van der Waals surface area contributed by atoms with Gasteiger partial charge in [-0.15, -0.1) is 0 Å². The minimum absolute atomic E-state index is 0.00949. The maximum absolute atomic E-state index is 13.3. The Balaban J connectivity index is 1.54. The topological polar surface area (TPSA) is 72.8 Å². The zero-order valence-corrected chi connectivity index (χ0v) is 19.3. The smallest absolute Gasteiger partial charge is 0.270 e. The van der Waals surface area contributed by atoms with Crippen LogP contribution in [0.2, 0.25) is 5.02 Å². The van der Waals surface area contributed by atoms with Crippen molar-refractivity contribution < 1.29 is 19.1 Å². The quantitative estimate of drug-likeness (QED) is 0.344. The van der Waals surface area contributed by atoms with Gasteiger partial charge in [-0.25, -0.2) is 0 Å². The first-order valence-corrected chi connectivity index (χ1v) is 10.9. The molecule has 166 valence electrons. The molecule has 3 aromatic rings. The molecule has 2 aromatic carbocycles. The number of carbonyl (C=O) groups is 2. The lowest BCUT2D eigenvalue weighted by Crippen LogP contribution is -2.54. The van der Waals surface area contributed by atoms with Crippen molar-refractivity contribution in [3.8, 4) is 17.2 Å². The van der Waals surface area contributed by atoms with Crippen molar-refractivity contribution in [1.82, 2.24) is 9.88 Å². The molecule has 2 aliphatic rings. The van der Waals surface area contributed by atoms with Crippen molar-refractivity contribution in [3.05, 3.63) is 76.1 Å². The molecule has 1 N–H and O–H groups in total. The number of thiocarbonyl (C=S) groups is 1. The third kappa shape index (κ3) is 3.67. The molecule has 0 atom stereocenters. The van der Waals surface area contributed by atoms with E-state index in [2.05, 4.69) is 5.32 Å². The van der Waals surface area contributed by atoms with E-state index in [1.54, 1.807) is 30.3 Å². The maximum atomic E-state index is 13.3. The highest BCUT2D eigenvalue weighted by molar-refractivity contribution is 7.80. The molecular weight excluding hydrogens is 462 g/mol. The third-order valence-electron chi connectivity index (χ3n) is 5.55. The predicted molar refractivity (Wildman–Crippen MR) is 129 cm³/mol. The van der Waals surface area contributed by atoms with Gasteiger partial charge in [-0.05, 0) is 74.1 Å². The number of carbonyl (C=O) groups excluding carboxylic acids is 2. The van der Waals surface area contributed by atoms with Crippen molar-refractivity contribution >= 4 is 52.5 Å². The van der Waals surface area contributed by atoms with Crippen LogP contribution >= 0.6 is 23.8 Å². The van der Waals surface area contributed by atoms with E-state index in [0.717, 1.165) is 22.6 Å². The number of aromatic nitrogens is 1. The lowest BCUT2D eigenvalue weighted by molar-refractivity contribution is -0.122. The predicted octanol–water partition coefficient (Wildman–Crippen LogP) is 4.31. The number of nitrogens with one attached hydrogen (secondary N) is 1. The second-order valence-corrected chi connectivity index (χ2v) is 8.46. The summed E-state index contributed by atoms with van der Waals surface area (Å²) < 4.78 is 12.9. The normalized spacial score (nSPS) is 16.5. The summed E-state index contributed by atoms with van der Waals surface area (Å²) >= 11 is 11.3. The Kier molecular flexibility index (Phi) is 5.19. The van der Waals surface area contributed by atoms with E-state index < -0.39 is 11.8 Å². The van der Waals surface area contributed by atoms with Gasteiger partial charge in [-0.2, -0.15) is 0 Å². The van der Waals surface area contributed by atoms with Gasteiger partial charge in [0.15, 0.2) is 16.6 Å². The molecular formula is C24H18ClN3O4S. The van der Waals surface area contributed by atoms with Crippen molar-refractivity contribution in [3.63, 3.8) is 0 Å². The number of amides is 2. The van der Waals surface area contributed by atoms with E-state index in [0.29, 0.717) is 22.2 Å². The van der Waals surface area contributed by atoms with Crippen LogP contribution in [0.25, 0.3) is 11.8 Å². The molecule has 0 saturated carbocycles. The van der Waals surface area contributed by atoms with E-state index in [1.807, 2.05) is 42.7 Å². The van der Waals surface area contributed by atoms with Gasteiger partial charge in [0.25, 0.3) is 11.8 Å². The first kappa shape index (κ1) is 21.2. The van der Waals surface area contributed by atoms with Crippen LogP contribution in [0.4, 0.5) is 5.69 Å². The fourth-order valence-corrected chi connectivity index (χ4v) is 4.48. The molecule has 0 unspecified atom stereocenters. The molecule has 7 nitrogen and oxygen atoms in total. The highest BCUT2D eigenvalue weighted by Crippen LogP contribution is 2.35. The molecule has 1 aromatic heterocycles. The first-order chi connectivity index (χ1) is 15.8. The molecule has 3 heterocycles. The van der Waals surface area contributed by atoms with Crippen LogP contribution in [0.15, 0.2) is 54.1 Å². The number of hydrogen-bond donors (Lipinski definition) is 1. The molecule has 33 heavy (non-hydrogen) atoms. The Labute approximate surface area is 200 Å². The van der Waals surface area contributed by atoms with E-state index in [4.69, 9.17) is 33.3 Å². The monoisotopic (exact) mass is 479 g/mol. The molecule has 1 fully saturated rings. The third-order valence-corrected chi connectivity index (χ3v) is 6.07. The van der Waals surface area contributed by atoms with Crippen LogP contribution in [0.1, 0.15) is 17.0 Å². The molecule has 1 saturated heterocycles. The number of ether oxygens (including phenoxy) is 2. The summed E-state index contributed by atoms with van der Waals surface area (Å²) in [5, 5.41) is 3.06. The number of rotatable bonds is 3. The summed E-state index contributed by atoms with van der Waals surface area (Å²) in [4.78, 5) is 27.2. The van der Waals surface area contributed by atoms with Gasteiger partial charge in [-0.1, -0.05) is 17.7 Å². The highest BCUT2D eigenvalue weighted by Gasteiger charge is 2.34. The van der Waals surface area contributed by atoms with E-state index in [-0.39, 0.29) is 17.5 Å². The van der Waals surface area contributed by atoms with Crippen molar-refractivity contribution in [2.75, 3.05) is 11.7 Å². The first-order valence-electron chi connectivity index (χ1n) is 10.1. The number of benzene rings is 2. The van der Waals surface area contributed by atoms with E-state index in [1.165, 1.54) is 4.90 Å². The summed E-state index contributed by atoms with van der Waals surface area (Å²) in [6.45, 7) is 4.08. The van der Waals surface area contributed by atoms with Crippen molar-refractivity contribution in [2.45, 2.75) is 13.8 Å². The average Bonchev–Trinajstić information content (AvgIpc) is 3.34. The van der Waals surface area contributed by atoms with Crippen LogP contribution in [0, 0.1) is 13.8 Å². The zero-order valence-electron chi connectivity index (χ0n) is 17.7. The average molecular weight is 480 g/mol. The summed E-state index contributed by atoms with van der Waals surface area (Å²) in [5.74, 6) is 0.313. The van der Waals surface area contributed by atoms with Gasteiger partial charge in [0.1, 0.15) is 5.57 Å². The van der Waals surface area contributed by atoms with Crippen LogP contribution in [0.3, 0.4) is 0 Å².